The molecule has 4 aromatic rings. The van der Waals surface area contributed by atoms with E-state index in [1.54, 1.807) is 4.90 Å². The largest absolute Gasteiger partial charge is 0.293 e. The zero-order valence-corrected chi connectivity index (χ0v) is 18.7. The zero-order chi connectivity index (χ0) is 21.9. The lowest BCUT2D eigenvalue weighted by atomic mass is 9.99. The Bertz CT molecular complexity index is 1330. The number of carbonyl (C=O) groups excluding carboxylic acids is 1. The highest BCUT2D eigenvalue weighted by Crippen LogP contribution is 2.33. The molecule has 6 nitrogen and oxygen atoms in total. The summed E-state index contributed by atoms with van der Waals surface area (Å²) in [4.78, 5) is 15.2. The second kappa shape index (κ2) is 9.02. The molecule has 1 aliphatic rings. The first-order valence-electron chi connectivity index (χ1n) is 10.2. The number of benzene rings is 3. The molecule has 32 heavy (non-hydrogen) atoms. The molecular weight excluding hydrogens is 438 g/mol. The number of hydrogen-bond acceptors (Lipinski definition) is 6. The van der Waals surface area contributed by atoms with Gasteiger partial charge in [-0.2, -0.15) is 5.21 Å². The topological polar surface area (TPSA) is 74.8 Å². The van der Waals surface area contributed by atoms with Gasteiger partial charge in [0.15, 0.2) is 5.82 Å². The van der Waals surface area contributed by atoms with Crippen LogP contribution in [0, 0.1) is 0 Å². The van der Waals surface area contributed by atoms with E-state index in [2.05, 4.69) is 63.1 Å². The van der Waals surface area contributed by atoms with Gasteiger partial charge in [-0.05, 0) is 52.1 Å². The Labute approximate surface area is 194 Å². The van der Waals surface area contributed by atoms with Crippen LogP contribution in [0.4, 0.5) is 0 Å². The van der Waals surface area contributed by atoms with Gasteiger partial charge in [-0.1, -0.05) is 83.8 Å². The fraction of sp³-hybridized carbons (Fsp3) is 0.125. The molecule has 3 aromatic carbocycles. The van der Waals surface area contributed by atoms with Gasteiger partial charge < -0.3 is 0 Å². The number of nitrogens with zero attached hydrogens (tertiary/aromatic N) is 4. The van der Waals surface area contributed by atoms with E-state index in [1.807, 2.05) is 30.3 Å². The minimum absolute atomic E-state index is 0.0516. The second-order valence-corrected chi connectivity index (χ2v) is 9.13. The maximum atomic E-state index is 12.9. The third-order valence-electron chi connectivity index (χ3n) is 5.31. The molecule has 0 radical (unpaired) electrons. The standard InChI is InChI=1S/C24H19N5OS2/c30-23-21(32-24(31)29(23)12-4-9-22-25-27-28-26-22)14-16-5-3-8-18(13-16)20-11-10-17-6-1-2-7-19(17)15-20/h1-3,5-8,10-11,13-15H,4,9,12H2,(H,25,26,27,28)/b21-14-. The number of aromatic nitrogens is 4. The number of hydrogen-bond donors (Lipinski definition) is 1. The first-order chi connectivity index (χ1) is 15.7. The average molecular weight is 458 g/mol. The first kappa shape index (κ1) is 20.5. The summed E-state index contributed by atoms with van der Waals surface area (Å²) in [7, 11) is 0. The van der Waals surface area contributed by atoms with Crippen LogP contribution in [0.3, 0.4) is 0 Å². The summed E-state index contributed by atoms with van der Waals surface area (Å²) in [6.45, 7) is 0.535. The van der Waals surface area contributed by atoms with Crippen molar-refractivity contribution in [3.8, 4) is 11.1 Å². The maximum absolute atomic E-state index is 12.9. The molecule has 0 unspecified atom stereocenters. The lowest BCUT2D eigenvalue weighted by molar-refractivity contribution is -0.122. The van der Waals surface area contributed by atoms with Gasteiger partial charge in [0.25, 0.3) is 5.91 Å². The monoisotopic (exact) mass is 457 g/mol. The molecule has 1 N–H and O–H groups in total. The van der Waals surface area contributed by atoms with Crippen molar-refractivity contribution in [3.05, 3.63) is 83.0 Å². The number of H-pyrrole nitrogens is 1. The van der Waals surface area contributed by atoms with Crippen molar-refractivity contribution in [3.63, 3.8) is 0 Å². The van der Waals surface area contributed by atoms with Crippen LogP contribution in [0.25, 0.3) is 28.0 Å². The Kier molecular flexibility index (Phi) is 5.79. The highest BCUT2D eigenvalue weighted by atomic mass is 32.2. The van der Waals surface area contributed by atoms with Crippen molar-refractivity contribution < 1.29 is 4.79 Å². The third-order valence-corrected chi connectivity index (χ3v) is 6.69. The van der Waals surface area contributed by atoms with Crippen LogP contribution in [0.15, 0.2) is 71.6 Å². The summed E-state index contributed by atoms with van der Waals surface area (Å²) in [6.07, 6.45) is 3.28. The van der Waals surface area contributed by atoms with Crippen molar-refractivity contribution in [2.24, 2.45) is 0 Å². The molecule has 5 rings (SSSR count). The molecule has 1 saturated heterocycles. The van der Waals surface area contributed by atoms with Crippen molar-refractivity contribution in [2.45, 2.75) is 12.8 Å². The molecule has 8 heteroatoms. The minimum Gasteiger partial charge on any atom is -0.293 e. The second-order valence-electron chi connectivity index (χ2n) is 7.45. The summed E-state index contributed by atoms with van der Waals surface area (Å²) in [5.41, 5.74) is 3.23. The molecule has 1 fully saturated rings. The molecule has 0 saturated carbocycles. The smallest absolute Gasteiger partial charge is 0.266 e. The summed E-state index contributed by atoms with van der Waals surface area (Å²) in [5.74, 6) is 0.584. The number of thiocarbonyl (C=S) groups is 1. The lowest BCUT2D eigenvalue weighted by Crippen LogP contribution is -2.29. The zero-order valence-electron chi connectivity index (χ0n) is 17.1. The summed E-state index contributed by atoms with van der Waals surface area (Å²) >= 11 is 6.80. The Morgan fingerprint density at radius 2 is 1.84 bits per heavy atom. The number of amides is 1. The Morgan fingerprint density at radius 1 is 1.00 bits per heavy atom. The Balaban J connectivity index is 1.33. The minimum atomic E-state index is -0.0516. The molecular formula is C24H19N5OS2. The van der Waals surface area contributed by atoms with E-state index in [1.165, 1.54) is 22.5 Å². The lowest BCUT2D eigenvalue weighted by Gasteiger charge is -2.13. The fourth-order valence-electron chi connectivity index (χ4n) is 3.70. The predicted octanol–water partition coefficient (Wildman–Crippen LogP) is 4.85. The molecule has 0 bridgehead atoms. The average Bonchev–Trinajstić information content (AvgIpc) is 3.43. The highest BCUT2D eigenvalue weighted by Gasteiger charge is 2.31. The maximum Gasteiger partial charge on any atom is 0.266 e. The molecule has 0 spiro atoms. The van der Waals surface area contributed by atoms with Gasteiger partial charge in [-0.15, -0.1) is 10.2 Å². The van der Waals surface area contributed by atoms with Crippen molar-refractivity contribution in [2.75, 3.05) is 6.54 Å². The first-order valence-corrected chi connectivity index (χ1v) is 11.5. The molecule has 1 aromatic heterocycles. The van der Waals surface area contributed by atoms with E-state index in [0.29, 0.717) is 28.0 Å². The number of rotatable bonds is 6. The molecule has 2 heterocycles. The van der Waals surface area contributed by atoms with E-state index >= 15 is 0 Å². The normalized spacial score (nSPS) is 15.2. The van der Waals surface area contributed by atoms with Gasteiger partial charge in [0, 0.05) is 13.0 Å². The van der Waals surface area contributed by atoms with Gasteiger partial charge in [0.1, 0.15) is 4.32 Å². The third kappa shape index (κ3) is 4.32. The van der Waals surface area contributed by atoms with E-state index in [0.717, 1.165) is 23.1 Å². The Morgan fingerprint density at radius 3 is 2.69 bits per heavy atom. The number of thioether (sulfide) groups is 1. The van der Waals surface area contributed by atoms with E-state index in [4.69, 9.17) is 12.2 Å². The van der Waals surface area contributed by atoms with E-state index in [-0.39, 0.29) is 5.91 Å². The summed E-state index contributed by atoms with van der Waals surface area (Å²) in [6, 6.07) is 23.0. The number of nitrogens with one attached hydrogen (secondary N) is 1. The van der Waals surface area contributed by atoms with Crippen LogP contribution < -0.4 is 0 Å². The number of aromatic amines is 1. The predicted molar refractivity (Wildman–Crippen MR) is 132 cm³/mol. The molecule has 1 amide bonds. The van der Waals surface area contributed by atoms with Gasteiger partial charge in [-0.3, -0.25) is 9.69 Å². The van der Waals surface area contributed by atoms with E-state index < -0.39 is 0 Å². The van der Waals surface area contributed by atoms with Crippen LogP contribution in [0.5, 0.6) is 0 Å². The van der Waals surface area contributed by atoms with Gasteiger partial charge in [0.2, 0.25) is 0 Å². The molecule has 0 aliphatic carbocycles. The van der Waals surface area contributed by atoms with Crippen molar-refractivity contribution in [1.82, 2.24) is 25.5 Å². The van der Waals surface area contributed by atoms with E-state index in [9.17, 15) is 4.79 Å². The number of carbonyl (C=O) groups is 1. The van der Waals surface area contributed by atoms with Crippen molar-refractivity contribution >= 4 is 51.1 Å². The SMILES string of the molecule is O=C1/C(=C/c2cccc(-c3ccc4ccccc4c3)c2)SC(=S)N1CCCc1nn[nH]n1. The quantitative estimate of drug-likeness (QED) is 0.329. The molecule has 1 aliphatic heterocycles. The van der Waals surface area contributed by atoms with Crippen LogP contribution >= 0.6 is 24.0 Å². The fourth-order valence-corrected chi connectivity index (χ4v) is 5.01. The molecule has 158 valence electrons. The summed E-state index contributed by atoms with van der Waals surface area (Å²) < 4.78 is 0.583. The van der Waals surface area contributed by atoms with Crippen LogP contribution in [-0.2, 0) is 11.2 Å². The van der Waals surface area contributed by atoms with Gasteiger partial charge in [0.05, 0.1) is 4.91 Å². The Hall–Kier alpha value is -3.36. The highest BCUT2D eigenvalue weighted by molar-refractivity contribution is 8.26. The number of fused-ring (bicyclic) bond motifs is 1. The number of tetrazole rings is 1. The van der Waals surface area contributed by atoms with Crippen LogP contribution in [0.1, 0.15) is 17.8 Å². The van der Waals surface area contributed by atoms with Crippen LogP contribution in [-0.4, -0.2) is 42.3 Å². The molecule has 0 atom stereocenters. The van der Waals surface area contributed by atoms with Crippen LogP contribution in [0.2, 0.25) is 0 Å². The van der Waals surface area contributed by atoms with Gasteiger partial charge in [-0.25, -0.2) is 0 Å². The summed E-state index contributed by atoms with van der Waals surface area (Å²) in [5, 5.41) is 16.3. The number of aryl methyl sites for hydroxylation is 1. The van der Waals surface area contributed by atoms with Gasteiger partial charge >= 0.3 is 0 Å². The van der Waals surface area contributed by atoms with Crippen molar-refractivity contribution in [1.29, 1.82) is 0 Å².